The van der Waals surface area contributed by atoms with Gasteiger partial charge >= 0.3 is 0 Å². The van der Waals surface area contributed by atoms with Gasteiger partial charge in [-0.1, -0.05) is 48.9 Å². The highest BCUT2D eigenvalue weighted by molar-refractivity contribution is 6.05. The summed E-state index contributed by atoms with van der Waals surface area (Å²) in [4.78, 5) is 4.22. The van der Waals surface area contributed by atoms with Crippen molar-refractivity contribution in [2.45, 2.75) is 20.3 Å². The van der Waals surface area contributed by atoms with Gasteiger partial charge in [-0.25, -0.2) is 0 Å². The average molecular weight is 441 g/mol. The molecule has 0 radical (unpaired) electrons. The third kappa shape index (κ3) is 2.87. The molecular formula is C31H24N2O. The van der Waals surface area contributed by atoms with Gasteiger partial charge in [0.1, 0.15) is 5.58 Å². The second kappa shape index (κ2) is 7.19. The number of benzene rings is 3. The van der Waals surface area contributed by atoms with Crippen molar-refractivity contribution in [2.24, 2.45) is 5.92 Å². The van der Waals surface area contributed by atoms with Crippen molar-refractivity contribution < 1.29 is 4.42 Å². The molecule has 0 N–H and O–H groups in total. The summed E-state index contributed by atoms with van der Waals surface area (Å²) in [5.41, 5.74) is 10.6. The Balaban J connectivity index is 1.50. The number of aryl methyl sites for hydroxylation is 1. The number of hydrogen-bond acceptors (Lipinski definition) is 2. The SMILES string of the molecule is Cc1cccc(-c2ccc3c(c2)c2c(n3-c3ccc4oc5cnccc5c4c3)C=CC(C)C2)c1. The highest BCUT2D eigenvalue weighted by Gasteiger charge is 2.22. The van der Waals surface area contributed by atoms with E-state index in [1.54, 1.807) is 6.20 Å². The minimum Gasteiger partial charge on any atom is -0.454 e. The van der Waals surface area contributed by atoms with Gasteiger partial charge < -0.3 is 8.98 Å². The van der Waals surface area contributed by atoms with E-state index in [0.29, 0.717) is 5.92 Å². The minimum absolute atomic E-state index is 0.530. The Morgan fingerprint density at radius 2 is 1.79 bits per heavy atom. The molecule has 0 fully saturated rings. The number of nitrogens with zero attached hydrogens (tertiary/aromatic N) is 2. The van der Waals surface area contributed by atoms with Crippen LogP contribution in [0.4, 0.5) is 0 Å². The highest BCUT2D eigenvalue weighted by Crippen LogP contribution is 2.39. The summed E-state index contributed by atoms with van der Waals surface area (Å²) < 4.78 is 8.44. The van der Waals surface area contributed by atoms with Crippen LogP contribution in [0.5, 0.6) is 0 Å². The van der Waals surface area contributed by atoms with E-state index in [2.05, 4.69) is 96.2 Å². The third-order valence-electron chi connectivity index (χ3n) is 7.09. The number of furan rings is 1. The largest absolute Gasteiger partial charge is 0.454 e. The molecule has 1 aliphatic carbocycles. The number of fused-ring (bicyclic) bond motifs is 6. The molecule has 0 amide bonds. The molecule has 0 bridgehead atoms. The van der Waals surface area contributed by atoms with E-state index in [1.165, 1.54) is 38.9 Å². The minimum atomic E-state index is 0.530. The van der Waals surface area contributed by atoms with Crippen molar-refractivity contribution in [3.8, 4) is 16.8 Å². The molecule has 1 aliphatic rings. The molecular weight excluding hydrogens is 416 g/mol. The number of rotatable bonds is 2. The normalized spacial score (nSPS) is 15.4. The van der Waals surface area contributed by atoms with Gasteiger partial charge in [0.2, 0.25) is 0 Å². The van der Waals surface area contributed by atoms with Crippen LogP contribution in [-0.2, 0) is 6.42 Å². The Morgan fingerprint density at radius 1 is 0.882 bits per heavy atom. The summed E-state index contributed by atoms with van der Waals surface area (Å²) in [6.45, 7) is 4.45. The van der Waals surface area contributed by atoms with E-state index in [9.17, 15) is 0 Å². The molecule has 1 atom stereocenters. The maximum atomic E-state index is 6.03. The Labute approximate surface area is 198 Å². The summed E-state index contributed by atoms with van der Waals surface area (Å²) in [5.74, 6) is 0.530. The first kappa shape index (κ1) is 19.4. The molecule has 3 heterocycles. The first-order valence-corrected chi connectivity index (χ1v) is 11.8. The van der Waals surface area contributed by atoms with Crippen molar-refractivity contribution in [1.82, 2.24) is 9.55 Å². The van der Waals surface area contributed by atoms with Gasteiger partial charge in [-0.05, 0) is 78.4 Å². The van der Waals surface area contributed by atoms with Crippen molar-refractivity contribution in [3.63, 3.8) is 0 Å². The van der Waals surface area contributed by atoms with E-state index in [-0.39, 0.29) is 0 Å². The lowest BCUT2D eigenvalue weighted by Gasteiger charge is -2.15. The summed E-state index contributed by atoms with van der Waals surface area (Å²) in [6.07, 6.45) is 9.30. The van der Waals surface area contributed by atoms with Crippen LogP contribution >= 0.6 is 0 Å². The molecule has 0 aliphatic heterocycles. The molecule has 164 valence electrons. The molecule has 0 spiro atoms. The predicted molar refractivity (Wildman–Crippen MR) is 140 cm³/mol. The number of aromatic nitrogens is 2. The lowest BCUT2D eigenvalue weighted by molar-refractivity contribution is 0.667. The smallest absolute Gasteiger partial charge is 0.153 e. The Morgan fingerprint density at radius 3 is 2.71 bits per heavy atom. The molecule has 7 rings (SSSR count). The van der Waals surface area contributed by atoms with Crippen LogP contribution in [-0.4, -0.2) is 9.55 Å². The van der Waals surface area contributed by atoms with Gasteiger partial charge in [0.15, 0.2) is 5.58 Å². The molecule has 6 aromatic rings. The summed E-state index contributed by atoms with van der Waals surface area (Å²) >= 11 is 0. The zero-order valence-electron chi connectivity index (χ0n) is 19.2. The van der Waals surface area contributed by atoms with E-state index in [0.717, 1.165) is 34.0 Å². The maximum Gasteiger partial charge on any atom is 0.153 e. The van der Waals surface area contributed by atoms with Crippen LogP contribution in [0, 0.1) is 12.8 Å². The number of pyridine rings is 1. The molecule has 0 saturated heterocycles. The molecule has 1 unspecified atom stereocenters. The van der Waals surface area contributed by atoms with Gasteiger partial charge in [-0.15, -0.1) is 0 Å². The predicted octanol–water partition coefficient (Wildman–Crippen LogP) is 8.11. The molecule has 0 saturated carbocycles. The fourth-order valence-corrected chi connectivity index (χ4v) is 5.45. The quantitative estimate of drug-likeness (QED) is 0.272. The third-order valence-corrected chi connectivity index (χ3v) is 7.09. The molecule has 3 aromatic carbocycles. The van der Waals surface area contributed by atoms with E-state index in [1.807, 2.05) is 12.3 Å². The van der Waals surface area contributed by atoms with E-state index in [4.69, 9.17) is 4.42 Å². The fourth-order valence-electron chi connectivity index (χ4n) is 5.45. The van der Waals surface area contributed by atoms with Crippen LogP contribution < -0.4 is 0 Å². The summed E-state index contributed by atoms with van der Waals surface area (Å²) in [7, 11) is 0. The molecule has 34 heavy (non-hydrogen) atoms. The van der Waals surface area contributed by atoms with Crippen molar-refractivity contribution in [1.29, 1.82) is 0 Å². The molecule has 3 heteroatoms. The average Bonchev–Trinajstić information content (AvgIpc) is 3.38. The zero-order valence-corrected chi connectivity index (χ0v) is 19.2. The van der Waals surface area contributed by atoms with Gasteiger partial charge in [-0.3, -0.25) is 4.98 Å². The van der Waals surface area contributed by atoms with Gasteiger partial charge in [0, 0.05) is 33.7 Å². The monoisotopic (exact) mass is 440 g/mol. The lowest BCUT2D eigenvalue weighted by atomic mass is 9.92. The van der Waals surface area contributed by atoms with Crippen molar-refractivity contribution >= 4 is 38.9 Å². The molecule has 3 aromatic heterocycles. The van der Waals surface area contributed by atoms with E-state index < -0.39 is 0 Å². The van der Waals surface area contributed by atoms with E-state index >= 15 is 0 Å². The topological polar surface area (TPSA) is 31.0 Å². The second-order valence-corrected chi connectivity index (χ2v) is 9.50. The van der Waals surface area contributed by atoms with Crippen molar-refractivity contribution in [2.75, 3.05) is 0 Å². The first-order chi connectivity index (χ1) is 16.7. The van der Waals surface area contributed by atoms with Gasteiger partial charge in [0.25, 0.3) is 0 Å². The van der Waals surface area contributed by atoms with Crippen LogP contribution in [0.1, 0.15) is 23.7 Å². The number of hydrogen-bond donors (Lipinski definition) is 0. The zero-order chi connectivity index (χ0) is 22.8. The van der Waals surface area contributed by atoms with Crippen LogP contribution in [0.2, 0.25) is 0 Å². The fraction of sp³-hybridized carbons (Fsp3) is 0.129. The summed E-state index contributed by atoms with van der Waals surface area (Å²) in [6, 6.07) is 24.2. The van der Waals surface area contributed by atoms with Crippen molar-refractivity contribution in [3.05, 3.63) is 102 Å². The summed E-state index contributed by atoms with van der Waals surface area (Å²) in [5, 5.41) is 3.56. The lowest BCUT2D eigenvalue weighted by Crippen LogP contribution is -2.05. The van der Waals surface area contributed by atoms with Crippen LogP contribution in [0.15, 0.2) is 89.6 Å². The highest BCUT2D eigenvalue weighted by atomic mass is 16.3. The second-order valence-electron chi connectivity index (χ2n) is 9.50. The standard InChI is InChI=1S/C31H24N2O/c1-19-4-3-5-21(14-19)22-7-10-29-26(16-22)25-15-20(2)6-9-28(25)33(29)23-8-11-30-27(17-23)24-12-13-32-18-31(24)34-30/h3-14,16-18,20H,15H2,1-2H3. The van der Waals surface area contributed by atoms with Gasteiger partial charge in [-0.2, -0.15) is 0 Å². The first-order valence-electron chi connectivity index (χ1n) is 11.8. The Bertz CT molecular complexity index is 1770. The van der Waals surface area contributed by atoms with Crippen LogP contribution in [0.25, 0.3) is 55.7 Å². The molecule has 3 nitrogen and oxygen atoms in total. The maximum absolute atomic E-state index is 6.03. The Hall–Kier alpha value is -4.11. The van der Waals surface area contributed by atoms with Crippen LogP contribution in [0.3, 0.4) is 0 Å². The Kier molecular flexibility index (Phi) is 4.10. The van der Waals surface area contributed by atoms with Gasteiger partial charge in [0.05, 0.1) is 11.7 Å². The number of allylic oxidation sites excluding steroid dienone is 1.